The molecule has 3 N–H and O–H groups in total. The quantitative estimate of drug-likeness (QED) is 0.806. The molecule has 0 heterocycles. The monoisotopic (exact) mass is 280 g/mol. The van der Waals surface area contributed by atoms with Gasteiger partial charge in [0.1, 0.15) is 0 Å². The van der Waals surface area contributed by atoms with E-state index in [9.17, 15) is 4.79 Å². The fraction of sp³-hybridized carbons (Fsp3) is 0.533. The third kappa shape index (κ3) is 5.25. The van der Waals surface area contributed by atoms with Crippen molar-refractivity contribution in [2.75, 3.05) is 18.6 Å². The summed E-state index contributed by atoms with van der Waals surface area (Å²) in [5.74, 6) is 1.35. The average Bonchev–Trinajstić information content (AvgIpc) is 2.44. The van der Waals surface area contributed by atoms with Crippen LogP contribution >= 0.6 is 11.8 Å². The number of rotatable bonds is 7. The van der Waals surface area contributed by atoms with Crippen LogP contribution in [0.1, 0.15) is 25.5 Å². The van der Waals surface area contributed by atoms with E-state index in [1.54, 1.807) is 11.8 Å². The first-order chi connectivity index (χ1) is 9.06. The SMILES string of the molecule is CSCC(C)CNC(=O)C(C)C(N)c1ccccc1. The molecule has 0 spiro atoms. The van der Waals surface area contributed by atoms with Crippen molar-refractivity contribution in [1.29, 1.82) is 0 Å². The van der Waals surface area contributed by atoms with Gasteiger partial charge in [0.25, 0.3) is 0 Å². The molecule has 1 rings (SSSR count). The minimum absolute atomic E-state index is 0.0318. The fourth-order valence-electron chi connectivity index (χ4n) is 1.91. The highest BCUT2D eigenvalue weighted by molar-refractivity contribution is 7.98. The standard InChI is InChI=1S/C15H24N2OS/c1-11(10-19-3)9-17-15(18)12(2)14(16)13-7-5-4-6-8-13/h4-8,11-12,14H,9-10,16H2,1-3H3,(H,17,18). The number of carbonyl (C=O) groups excluding carboxylic acids is 1. The number of nitrogens with one attached hydrogen (secondary N) is 1. The van der Waals surface area contributed by atoms with Crippen molar-refractivity contribution in [2.45, 2.75) is 19.9 Å². The first-order valence-electron chi connectivity index (χ1n) is 6.63. The van der Waals surface area contributed by atoms with Crippen LogP contribution in [-0.2, 0) is 4.79 Å². The minimum Gasteiger partial charge on any atom is -0.356 e. The lowest BCUT2D eigenvalue weighted by Gasteiger charge is -2.21. The molecule has 0 aromatic heterocycles. The van der Waals surface area contributed by atoms with Crippen molar-refractivity contribution in [3.05, 3.63) is 35.9 Å². The van der Waals surface area contributed by atoms with Crippen LogP contribution in [0.5, 0.6) is 0 Å². The Bertz CT molecular complexity index is 383. The summed E-state index contributed by atoms with van der Waals surface area (Å²) in [6, 6.07) is 9.51. The lowest BCUT2D eigenvalue weighted by atomic mass is 9.94. The van der Waals surface area contributed by atoms with E-state index >= 15 is 0 Å². The zero-order chi connectivity index (χ0) is 14.3. The summed E-state index contributed by atoms with van der Waals surface area (Å²) in [5, 5.41) is 2.99. The van der Waals surface area contributed by atoms with E-state index in [0.29, 0.717) is 12.5 Å². The van der Waals surface area contributed by atoms with E-state index in [1.165, 1.54) is 0 Å². The molecule has 0 saturated carbocycles. The molecule has 0 fully saturated rings. The van der Waals surface area contributed by atoms with E-state index in [2.05, 4.69) is 18.5 Å². The summed E-state index contributed by atoms with van der Waals surface area (Å²) < 4.78 is 0. The van der Waals surface area contributed by atoms with Crippen LogP contribution in [0.15, 0.2) is 30.3 Å². The Morgan fingerprint density at radius 3 is 2.53 bits per heavy atom. The zero-order valence-electron chi connectivity index (χ0n) is 11.9. The van der Waals surface area contributed by atoms with Crippen molar-refractivity contribution in [3.63, 3.8) is 0 Å². The third-order valence-corrected chi connectivity index (χ3v) is 4.12. The largest absolute Gasteiger partial charge is 0.356 e. The molecule has 0 radical (unpaired) electrons. The highest BCUT2D eigenvalue weighted by Gasteiger charge is 2.22. The number of carbonyl (C=O) groups is 1. The number of hydrogen-bond donors (Lipinski definition) is 2. The second kappa shape index (κ2) is 8.23. The predicted molar refractivity (Wildman–Crippen MR) is 83.1 cm³/mol. The van der Waals surface area contributed by atoms with Gasteiger partial charge < -0.3 is 11.1 Å². The van der Waals surface area contributed by atoms with Gasteiger partial charge in [0.2, 0.25) is 5.91 Å². The predicted octanol–water partition coefficient (Wildman–Crippen LogP) is 2.44. The van der Waals surface area contributed by atoms with Gasteiger partial charge in [0.05, 0.1) is 5.92 Å². The summed E-state index contributed by atoms with van der Waals surface area (Å²) >= 11 is 1.80. The van der Waals surface area contributed by atoms with Crippen molar-refractivity contribution in [1.82, 2.24) is 5.32 Å². The Morgan fingerprint density at radius 1 is 1.32 bits per heavy atom. The van der Waals surface area contributed by atoms with Crippen LogP contribution in [0.25, 0.3) is 0 Å². The molecule has 3 nitrogen and oxygen atoms in total. The molecule has 0 aliphatic carbocycles. The highest BCUT2D eigenvalue weighted by atomic mass is 32.2. The Kier molecular flexibility index (Phi) is 6.95. The van der Waals surface area contributed by atoms with E-state index < -0.39 is 0 Å². The van der Waals surface area contributed by atoms with Gasteiger partial charge in [-0.3, -0.25) is 4.79 Å². The van der Waals surface area contributed by atoms with Crippen LogP contribution < -0.4 is 11.1 Å². The van der Waals surface area contributed by atoms with Crippen molar-refractivity contribution in [3.8, 4) is 0 Å². The van der Waals surface area contributed by atoms with Crippen LogP contribution in [-0.4, -0.2) is 24.5 Å². The van der Waals surface area contributed by atoms with Crippen LogP contribution in [0.4, 0.5) is 0 Å². The molecule has 106 valence electrons. The molecule has 19 heavy (non-hydrogen) atoms. The Balaban J connectivity index is 2.48. The molecule has 0 aliphatic rings. The Hall–Kier alpha value is -1.00. The first kappa shape index (κ1) is 16.1. The molecule has 0 saturated heterocycles. The lowest BCUT2D eigenvalue weighted by molar-refractivity contribution is -0.125. The van der Waals surface area contributed by atoms with E-state index in [4.69, 9.17) is 5.73 Å². The minimum atomic E-state index is -0.253. The van der Waals surface area contributed by atoms with Crippen molar-refractivity contribution in [2.24, 2.45) is 17.6 Å². The molecular weight excluding hydrogens is 256 g/mol. The fourth-order valence-corrected chi connectivity index (χ4v) is 2.59. The Labute approximate surface area is 120 Å². The number of hydrogen-bond acceptors (Lipinski definition) is 3. The maximum absolute atomic E-state index is 12.1. The number of benzene rings is 1. The second-order valence-electron chi connectivity index (χ2n) is 5.03. The van der Waals surface area contributed by atoms with Gasteiger partial charge >= 0.3 is 0 Å². The second-order valence-corrected chi connectivity index (χ2v) is 5.94. The molecule has 3 atom stereocenters. The van der Waals surface area contributed by atoms with Crippen molar-refractivity contribution >= 4 is 17.7 Å². The van der Waals surface area contributed by atoms with Gasteiger partial charge in [0.15, 0.2) is 0 Å². The first-order valence-corrected chi connectivity index (χ1v) is 8.02. The molecule has 4 heteroatoms. The molecule has 3 unspecified atom stereocenters. The topological polar surface area (TPSA) is 55.1 Å². The molecule has 0 bridgehead atoms. The van der Waals surface area contributed by atoms with E-state index in [0.717, 1.165) is 11.3 Å². The van der Waals surface area contributed by atoms with Gasteiger partial charge in [-0.1, -0.05) is 44.2 Å². The smallest absolute Gasteiger partial charge is 0.224 e. The number of nitrogens with two attached hydrogens (primary N) is 1. The molecular formula is C15H24N2OS. The molecule has 1 aromatic rings. The lowest BCUT2D eigenvalue weighted by Crippen LogP contribution is -2.37. The van der Waals surface area contributed by atoms with Gasteiger partial charge in [-0.2, -0.15) is 11.8 Å². The van der Waals surface area contributed by atoms with Gasteiger partial charge in [-0.15, -0.1) is 0 Å². The number of amides is 1. The summed E-state index contributed by atoms with van der Waals surface area (Å²) in [7, 11) is 0. The van der Waals surface area contributed by atoms with Crippen molar-refractivity contribution < 1.29 is 4.79 Å². The van der Waals surface area contributed by atoms with Crippen LogP contribution in [0.3, 0.4) is 0 Å². The summed E-state index contributed by atoms with van der Waals surface area (Å²) in [6.07, 6.45) is 2.08. The van der Waals surface area contributed by atoms with E-state index in [-0.39, 0.29) is 17.9 Å². The van der Waals surface area contributed by atoms with Gasteiger partial charge in [-0.05, 0) is 23.5 Å². The van der Waals surface area contributed by atoms with Gasteiger partial charge in [-0.25, -0.2) is 0 Å². The summed E-state index contributed by atoms with van der Waals surface area (Å²) in [6.45, 7) is 4.73. The maximum Gasteiger partial charge on any atom is 0.224 e. The summed E-state index contributed by atoms with van der Waals surface area (Å²) in [5.41, 5.74) is 7.14. The number of thioether (sulfide) groups is 1. The molecule has 1 amide bonds. The molecule has 1 aromatic carbocycles. The van der Waals surface area contributed by atoms with E-state index in [1.807, 2.05) is 37.3 Å². The molecule has 0 aliphatic heterocycles. The third-order valence-electron chi connectivity index (χ3n) is 3.21. The summed E-state index contributed by atoms with van der Waals surface area (Å²) in [4.78, 5) is 12.1. The van der Waals surface area contributed by atoms with Gasteiger partial charge in [0, 0.05) is 12.6 Å². The Morgan fingerprint density at radius 2 is 1.95 bits per heavy atom. The van der Waals surface area contributed by atoms with Crippen LogP contribution in [0.2, 0.25) is 0 Å². The average molecular weight is 280 g/mol. The maximum atomic E-state index is 12.1. The highest BCUT2D eigenvalue weighted by Crippen LogP contribution is 2.19. The normalized spacial score (nSPS) is 15.6. The van der Waals surface area contributed by atoms with Crippen LogP contribution in [0, 0.1) is 11.8 Å². The zero-order valence-corrected chi connectivity index (χ0v) is 12.7.